The Balaban J connectivity index is 1.50. The molecule has 0 atom stereocenters. The van der Waals surface area contributed by atoms with E-state index in [1.54, 1.807) is 19.5 Å². The van der Waals surface area contributed by atoms with Crippen LogP contribution in [-0.2, 0) is 13.1 Å². The standard InChI is InChI=1S/C28H28Cl2N6O3/c1-28(37)14-36(15-28)13-23-27(39-3)35-22(12-33-23)19-9-5-7-17(25(19)30)16-6-4-8-18(24(16)29)21-11-32-20(10-31)26(34-21)38-2/h4-9,11-12,37H,10,13-15,31H2,1-3H3. The van der Waals surface area contributed by atoms with Crippen LogP contribution in [0.4, 0.5) is 0 Å². The predicted octanol–water partition coefficient (Wildman–Crippen LogP) is 4.62. The molecular weight excluding hydrogens is 539 g/mol. The molecule has 0 amide bonds. The monoisotopic (exact) mass is 566 g/mol. The van der Waals surface area contributed by atoms with Crippen LogP contribution in [0.5, 0.6) is 11.8 Å². The Labute approximate surface area is 236 Å². The van der Waals surface area contributed by atoms with Crippen LogP contribution in [0, 0.1) is 0 Å². The van der Waals surface area contributed by atoms with Gasteiger partial charge in [0, 0.05) is 48.4 Å². The molecule has 4 aromatic rings. The molecule has 3 N–H and O–H groups in total. The van der Waals surface area contributed by atoms with Gasteiger partial charge in [0.05, 0.1) is 53.6 Å². The topological polar surface area (TPSA) is 120 Å². The van der Waals surface area contributed by atoms with Crippen molar-refractivity contribution in [3.8, 4) is 45.4 Å². The third-order valence-corrected chi connectivity index (χ3v) is 7.36. The van der Waals surface area contributed by atoms with Gasteiger partial charge in [-0.25, -0.2) is 9.97 Å². The lowest BCUT2D eigenvalue weighted by atomic mass is 9.97. The van der Waals surface area contributed by atoms with Gasteiger partial charge in [-0.1, -0.05) is 59.6 Å². The van der Waals surface area contributed by atoms with E-state index >= 15 is 0 Å². The van der Waals surface area contributed by atoms with E-state index in [-0.39, 0.29) is 6.54 Å². The van der Waals surface area contributed by atoms with Crippen LogP contribution in [0.15, 0.2) is 48.8 Å². The molecule has 0 spiro atoms. The third kappa shape index (κ3) is 5.41. The molecule has 202 valence electrons. The van der Waals surface area contributed by atoms with Crippen molar-refractivity contribution in [2.24, 2.45) is 5.73 Å². The maximum absolute atomic E-state index is 10.0. The number of hydrogen-bond donors (Lipinski definition) is 2. The largest absolute Gasteiger partial charge is 0.480 e. The van der Waals surface area contributed by atoms with Crippen LogP contribution < -0.4 is 15.2 Å². The van der Waals surface area contributed by atoms with Gasteiger partial charge in [-0.2, -0.15) is 0 Å². The number of aliphatic hydroxyl groups is 1. The van der Waals surface area contributed by atoms with Gasteiger partial charge in [0.2, 0.25) is 11.8 Å². The number of likely N-dealkylation sites (tertiary alicyclic amines) is 1. The molecule has 0 unspecified atom stereocenters. The Morgan fingerprint density at radius 2 is 1.31 bits per heavy atom. The molecule has 1 saturated heterocycles. The summed E-state index contributed by atoms with van der Waals surface area (Å²) in [6.07, 6.45) is 3.30. The maximum atomic E-state index is 10.0. The zero-order valence-electron chi connectivity index (χ0n) is 21.8. The number of benzene rings is 2. The van der Waals surface area contributed by atoms with Crippen molar-refractivity contribution in [3.05, 3.63) is 70.2 Å². The van der Waals surface area contributed by atoms with E-state index in [0.717, 1.165) is 11.1 Å². The van der Waals surface area contributed by atoms with Gasteiger partial charge in [-0.15, -0.1) is 0 Å². The highest BCUT2D eigenvalue weighted by Crippen LogP contribution is 2.42. The summed E-state index contributed by atoms with van der Waals surface area (Å²) in [6, 6.07) is 11.3. The summed E-state index contributed by atoms with van der Waals surface area (Å²) in [5.41, 5.74) is 10.3. The van der Waals surface area contributed by atoms with Crippen LogP contribution in [0.1, 0.15) is 18.3 Å². The second-order valence-corrected chi connectivity index (χ2v) is 10.4. The van der Waals surface area contributed by atoms with Gasteiger partial charge in [-0.3, -0.25) is 14.9 Å². The molecular formula is C28H28Cl2N6O3. The highest BCUT2D eigenvalue weighted by Gasteiger charge is 2.37. The lowest BCUT2D eigenvalue weighted by molar-refractivity contribution is -0.0878. The molecule has 11 heteroatoms. The minimum atomic E-state index is -0.667. The average molecular weight is 567 g/mol. The van der Waals surface area contributed by atoms with E-state index in [9.17, 15) is 5.11 Å². The lowest BCUT2D eigenvalue weighted by Gasteiger charge is -2.44. The Morgan fingerprint density at radius 3 is 1.77 bits per heavy atom. The van der Waals surface area contributed by atoms with Crippen LogP contribution in [0.2, 0.25) is 10.0 Å². The van der Waals surface area contributed by atoms with Crippen molar-refractivity contribution in [1.82, 2.24) is 24.8 Å². The third-order valence-electron chi connectivity index (χ3n) is 6.54. The molecule has 1 aliphatic heterocycles. The number of aromatic nitrogens is 4. The summed E-state index contributed by atoms with van der Waals surface area (Å²) in [5, 5.41) is 11.0. The minimum Gasteiger partial charge on any atom is -0.480 e. The molecule has 0 radical (unpaired) electrons. The Kier molecular flexibility index (Phi) is 7.70. The van der Waals surface area contributed by atoms with Crippen LogP contribution in [-0.4, -0.2) is 62.9 Å². The molecule has 39 heavy (non-hydrogen) atoms. The Bertz CT molecular complexity index is 1520. The highest BCUT2D eigenvalue weighted by atomic mass is 35.5. The number of hydrogen-bond acceptors (Lipinski definition) is 9. The highest BCUT2D eigenvalue weighted by molar-refractivity contribution is 6.39. The number of halogens is 2. The van der Waals surface area contributed by atoms with Crippen molar-refractivity contribution in [3.63, 3.8) is 0 Å². The van der Waals surface area contributed by atoms with Gasteiger partial charge >= 0.3 is 0 Å². The lowest BCUT2D eigenvalue weighted by Crippen LogP contribution is -2.59. The molecule has 0 bridgehead atoms. The molecule has 1 fully saturated rings. The van der Waals surface area contributed by atoms with Crippen LogP contribution >= 0.6 is 23.2 Å². The fourth-order valence-electron chi connectivity index (χ4n) is 4.75. The van der Waals surface area contributed by atoms with E-state index in [2.05, 4.69) is 19.9 Å². The fraction of sp³-hybridized carbons (Fsp3) is 0.286. The fourth-order valence-corrected chi connectivity index (χ4v) is 5.39. The Morgan fingerprint density at radius 1 is 0.846 bits per heavy atom. The zero-order chi connectivity index (χ0) is 27.7. The van der Waals surface area contributed by atoms with Crippen molar-refractivity contribution in [2.45, 2.75) is 25.6 Å². The van der Waals surface area contributed by atoms with Gasteiger partial charge in [-0.05, 0) is 6.92 Å². The van der Waals surface area contributed by atoms with Gasteiger partial charge in [0.25, 0.3) is 0 Å². The van der Waals surface area contributed by atoms with Crippen molar-refractivity contribution in [1.29, 1.82) is 0 Å². The zero-order valence-corrected chi connectivity index (χ0v) is 23.3. The first-order valence-electron chi connectivity index (χ1n) is 12.3. The van der Waals surface area contributed by atoms with Gasteiger partial charge in [0.15, 0.2) is 0 Å². The maximum Gasteiger partial charge on any atom is 0.237 e. The molecule has 5 rings (SSSR count). The van der Waals surface area contributed by atoms with Crippen molar-refractivity contribution >= 4 is 23.2 Å². The number of nitrogens with two attached hydrogens (primary N) is 1. The second-order valence-electron chi connectivity index (χ2n) is 9.60. The summed E-state index contributed by atoms with van der Waals surface area (Å²) >= 11 is 13.9. The summed E-state index contributed by atoms with van der Waals surface area (Å²) in [7, 11) is 3.08. The molecule has 2 aromatic heterocycles. The van der Waals surface area contributed by atoms with E-state index in [1.807, 2.05) is 43.3 Å². The number of rotatable bonds is 8. The van der Waals surface area contributed by atoms with E-state index < -0.39 is 5.60 Å². The van der Waals surface area contributed by atoms with Crippen LogP contribution in [0.25, 0.3) is 33.6 Å². The van der Waals surface area contributed by atoms with Crippen molar-refractivity contribution in [2.75, 3.05) is 27.3 Å². The summed E-state index contributed by atoms with van der Waals surface area (Å²) in [4.78, 5) is 20.3. The average Bonchev–Trinajstić information content (AvgIpc) is 2.92. The van der Waals surface area contributed by atoms with Crippen molar-refractivity contribution < 1.29 is 14.6 Å². The van der Waals surface area contributed by atoms with Crippen LogP contribution in [0.3, 0.4) is 0 Å². The molecule has 9 nitrogen and oxygen atoms in total. The van der Waals surface area contributed by atoms with Gasteiger partial charge in [0.1, 0.15) is 11.4 Å². The molecule has 0 aliphatic carbocycles. The number of ether oxygens (including phenoxy) is 2. The summed E-state index contributed by atoms with van der Waals surface area (Å²) in [6.45, 7) is 3.70. The number of nitrogens with zero attached hydrogens (tertiary/aromatic N) is 5. The normalized spacial score (nSPS) is 14.6. The smallest absolute Gasteiger partial charge is 0.237 e. The first-order chi connectivity index (χ1) is 18.7. The summed E-state index contributed by atoms with van der Waals surface area (Å²) < 4.78 is 10.9. The van der Waals surface area contributed by atoms with E-state index in [4.69, 9.17) is 43.4 Å². The SMILES string of the molecule is COc1nc(-c2cccc(-c3cccc(-c4cnc(CN5CC(C)(O)C5)c(OC)n4)c3Cl)c2Cl)cnc1CN. The molecule has 0 saturated carbocycles. The minimum absolute atomic E-state index is 0.210. The molecule has 2 aromatic carbocycles. The first-order valence-corrected chi connectivity index (χ1v) is 13.0. The summed E-state index contributed by atoms with van der Waals surface area (Å²) in [5.74, 6) is 0.765. The quantitative estimate of drug-likeness (QED) is 0.314. The van der Waals surface area contributed by atoms with E-state index in [0.29, 0.717) is 75.3 Å². The van der Waals surface area contributed by atoms with Gasteiger partial charge < -0.3 is 20.3 Å². The first kappa shape index (κ1) is 27.2. The number of β-amino-alcohol motifs (C(OH)–C–C–N with tert-alkyl or cyclic N) is 1. The predicted molar refractivity (Wildman–Crippen MR) is 151 cm³/mol. The molecule has 1 aliphatic rings. The Hall–Kier alpha value is -3.34. The second kappa shape index (κ2) is 11.0. The van der Waals surface area contributed by atoms with E-state index in [1.165, 1.54) is 7.11 Å². The number of methoxy groups -OCH3 is 2. The molecule has 3 heterocycles.